The molecule has 0 aromatic heterocycles. The Labute approximate surface area is 128 Å². The van der Waals surface area contributed by atoms with Gasteiger partial charge in [0.1, 0.15) is 12.4 Å². The molecule has 0 saturated heterocycles. The summed E-state index contributed by atoms with van der Waals surface area (Å²) in [6.45, 7) is 8.08. The average Bonchev–Trinajstić information content (AvgIpc) is 2.52. The van der Waals surface area contributed by atoms with E-state index < -0.39 is 0 Å². The van der Waals surface area contributed by atoms with E-state index in [1.54, 1.807) is 0 Å². The molecule has 0 amide bonds. The quantitative estimate of drug-likeness (QED) is 0.805. The largest absolute Gasteiger partial charge is 0.491 e. The maximum atomic E-state index is 6.11. The van der Waals surface area contributed by atoms with Gasteiger partial charge in [-0.15, -0.1) is 0 Å². The third-order valence-corrected chi connectivity index (χ3v) is 3.60. The second-order valence-corrected chi connectivity index (χ2v) is 5.52. The molecule has 112 valence electrons. The maximum absolute atomic E-state index is 6.11. The zero-order valence-corrected chi connectivity index (χ0v) is 13.2. The minimum Gasteiger partial charge on any atom is -0.491 e. The summed E-state index contributed by atoms with van der Waals surface area (Å²) >= 11 is 0. The SMILES string of the molecule is CCNC(COc1ccccc1C(C)C)c1ccccc1. The van der Waals surface area contributed by atoms with Crippen molar-refractivity contribution in [3.8, 4) is 5.75 Å². The zero-order chi connectivity index (χ0) is 15.1. The predicted octanol–water partition coefficient (Wildman–Crippen LogP) is 4.54. The monoisotopic (exact) mass is 283 g/mol. The first-order chi connectivity index (χ1) is 10.2. The van der Waals surface area contributed by atoms with E-state index in [9.17, 15) is 0 Å². The summed E-state index contributed by atoms with van der Waals surface area (Å²) in [6.07, 6.45) is 0. The second kappa shape index (κ2) is 7.84. The van der Waals surface area contributed by atoms with Gasteiger partial charge in [-0.25, -0.2) is 0 Å². The first kappa shape index (κ1) is 15.6. The van der Waals surface area contributed by atoms with Crippen LogP contribution in [0, 0.1) is 0 Å². The van der Waals surface area contributed by atoms with E-state index in [0.29, 0.717) is 12.5 Å². The number of ether oxygens (including phenoxy) is 1. The molecule has 2 rings (SSSR count). The number of para-hydroxylation sites is 1. The number of hydrogen-bond acceptors (Lipinski definition) is 2. The van der Waals surface area contributed by atoms with Gasteiger partial charge < -0.3 is 10.1 Å². The lowest BCUT2D eigenvalue weighted by atomic mass is 10.0. The fraction of sp³-hybridized carbons (Fsp3) is 0.368. The minimum atomic E-state index is 0.219. The van der Waals surface area contributed by atoms with E-state index in [2.05, 4.69) is 68.6 Å². The molecule has 0 aliphatic rings. The highest BCUT2D eigenvalue weighted by atomic mass is 16.5. The van der Waals surface area contributed by atoms with Crippen molar-refractivity contribution in [1.29, 1.82) is 0 Å². The lowest BCUT2D eigenvalue weighted by molar-refractivity contribution is 0.265. The molecule has 2 aromatic rings. The van der Waals surface area contributed by atoms with Gasteiger partial charge in [-0.3, -0.25) is 0 Å². The molecule has 0 radical (unpaired) electrons. The topological polar surface area (TPSA) is 21.3 Å². The third-order valence-electron chi connectivity index (χ3n) is 3.60. The summed E-state index contributed by atoms with van der Waals surface area (Å²) in [5.74, 6) is 1.46. The number of likely N-dealkylation sites (N-methyl/N-ethyl adjacent to an activating group) is 1. The number of hydrogen-bond donors (Lipinski definition) is 1. The fourth-order valence-corrected chi connectivity index (χ4v) is 2.47. The molecule has 0 saturated carbocycles. The maximum Gasteiger partial charge on any atom is 0.122 e. The molecule has 0 heterocycles. The fourth-order valence-electron chi connectivity index (χ4n) is 2.47. The van der Waals surface area contributed by atoms with Gasteiger partial charge in [0.2, 0.25) is 0 Å². The van der Waals surface area contributed by atoms with Crippen LogP contribution in [0.15, 0.2) is 54.6 Å². The number of benzene rings is 2. The first-order valence-electron chi connectivity index (χ1n) is 7.72. The predicted molar refractivity (Wildman–Crippen MR) is 88.9 cm³/mol. The Morgan fingerprint density at radius 2 is 1.62 bits per heavy atom. The van der Waals surface area contributed by atoms with Crippen LogP contribution in [0.3, 0.4) is 0 Å². The molecule has 0 bridgehead atoms. The second-order valence-electron chi connectivity index (χ2n) is 5.52. The standard InChI is InChI=1S/C19H25NO/c1-4-20-18(16-10-6-5-7-11-16)14-21-19-13-9-8-12-17(19)15(2)3/h5-13,15,18,20H,4,14H2,1-3H3. The van der Waals surface area contributed by atoms with Gasteiger partial charge >= 0.3 is 0 Å². The van der Waals surface area contributed by atoms with E-state index in [4.69, 9.17) is 4.74 Å². The molecular formula is C19H25NO. The van der Waals surface area contributed by atoms with Crippen LogP contribution in [-0.4, -0.2) is 13.2 Å². The van der Waals surface area contributed by atoms with Crippen LogP contribution >= 0.6 is 0 Å². The van der Waals surface area contributed by atoms with Crippen LogP contribution in [-0.2, 0) is 0 Å². The zero-order valence-electron chi connectivity index (χ0n) is 13.2. The summed E-state index contributed by atoms with van der Waals surface area (Å²) in [4.78, 5) is 0. The van der Waals surface area contributed by atoms with Crippen molar-refractivity contribution in [3.63, 3.8) is 0 Å². The molecule has 21 heavy (non-hydrogen) atoms. The van der Waals surface area contributed by atoms with Gasteiger partial charge in [0.15, 0.2) is 0 Å². The lowest BCUT2D eigenvalue weighted by Crippen LogP contribution is -2.26. The molecular weight excluding hydrogens is 258 g/mol. The van der Waals surface area contributed by atoms with Gasteiger partial charge in [0.25, 0.3) is 0 Å². The Hall–Kier alpha value is -1.80. The van der Waals surface area contributed by atoms with Crippen LogP contribution in [0.25, 0.3) is 0 Å². The summed E-state index contributed by atoms with van der Waals surface area (Å²) in [7, 11) is 0. The normalized spacial score (nSPS) is 12.4. The number of nitrogens with one attached hydrogen (secondary N) is 1. The van der Waals surface area contributed by atoms with Gasteiger partial charge in [-0.2, -0.15) is 0 Å². The van der Waals surface area contributed by atoms with Crippen LogP contribution < -0.4 is 10.1 Å². The molecule has 0 fully saturated rings. The highest BCUT2D eigenvalue weighted by Crippen LogP contribution is 2.26. The van der Waals surface area contributed by atoms with Crippen LogP contribution in [0.4, 0.5) is 0 Å². The van der Waals surface area contributed by atoms with Crippen LogP contribution in [0.2, 0.25) is 0 Å². The number of rotatable bonds is 7. The van der Waals surface area contributed by atoms with Gasteiger partial charge in [-0.05, 0) is 29.7 Å². The van der Waals surface area contributed by atoms with Crippen LogP contribution in [0.5, 0.6) is 5.75 Å². The molecule has 0 aliphatic heterocycles. The van der Waals surface area contributed by atoms with Gasteiger partial charge in [0.05, 0.1) is 6.04 Å². The molecule has 0 spiro atoms. The molecule has 1 atom stereocenters. The average molecular weight is 283 g/mol. The summed E-state index contributed by atoms with van der Waals surface area (Å²) in [5, 5.41) is 3.49. The lowest BCUT2D eigenvalue weighted by Gasteiger charge is -2.21. The first-order valence-corrected chi connectivity index (χ1v) is 7.72. The molecule has 2 aromatic carbocycles. The summed E-state index contributed by atoms with van der Waals surface area (Å²) < 4.78 is 6.11. The Bertz CT molecular complexity index is 536. The highest BCUT2D eigenvalue weighted by molar-refractivity contribution is 5.35. The van der Waals surface area contributed by atoms with Crippen molar-refractivity contribution >= 4 is 0 Å². The summed E-state index contributed by atoms with van der Waals surface area (Å²) in [6, 6.07) is 19.0. The van der Waals surface area contributed by atoms with Crippen LogP contribution in [0.1, 0.15) is 43.9 Å². The van der Waals surface area contributed by atoms with E-state index in [1.165, 1.54) is 11.1 Å². The van der Waals surface area contributed by atoms with Crippen molar-refractivity contribution < 1.29 is 4.74 Å². The smallest absolute Gasteiger partial charge is 0.122 e. The van der Waals surface area contributed by atoms with Crippen molar-refractivity contribution in [2.75, 3.05) is 13.2 Å². The van der Waals surface area contributed by atoms with Crippen molar-refractivity contribution in [1.82, 2.24) is 5.32 Å². The van der Waals surface area contributed by atoms with E-state index >= 15 is 0 Å². The summed E-state index contributed by atoms with van der Waals surface area (Å²) in [5.41, 5.74) is 2.53. The van der Waals surface area contributed by atoms with Gasteiger partial charge in [-0.1, -0.05) is 69.3 Å². The molecule has 2 nitrogen and oxygen atoms in total. The molecule has 0 aliphatic carbocycles. The third kappa shape index (κ3) is 4.33. The van der Waals surface area contributed by atoms with E-state index in [-0.39, 0.29) is 6.04 Å². The Kier molecular flexibility index (Phi) is 5.82. The molecule has 1 N–H and O–H groups in total. The minimum absolute atomic E-state index is 0.219. The Morgan fingerprint density at radius 3 is 2.29 bits per heavy atom. The highest BCUT2D eigenvalue weighted by Gasteiger charge is 2.13. The van der Waals surface area contributed by atoms with E-state index in [1.807, 2.05) is 12.1 Å². The molecule has 1 unspecified atom stereocenters. The van der Waals surface area contributed by atoms with Gasteiger partial charge in [0, 0.05) is 0 Å². The Balaban J connectivity index is 2.09. The Morgan fingerprint density at radius 1 is 0.952 bits per heavy atom. The molecule has 2 heteroatoms. The van der Waals surface area contributed by atoms with E-state index in [0.717, 1.165) is 12.3 Å². The van der Waals surface area contributed by atoms with Crippen molar-refractivity contribution in [2.24, 2.45) is 0 Å². The van der Waals surface area contributed by atoms with Crippen molar-refractivity contribution in [2.45, 2.75) is 32.7 Å². The van der Waals surface area contributed by atoms with Crippen molar-refractivity contribution in [3.05, 3.63) is 65.7 Å².